The Kier molecular flexibility index (Phi) is 8.94. The van der Waals surface area contributed by atoms with E-state index in [9.17, 15) is 19.5 Å². The molecule has 0 saturated carbocycles. The molecule has 0 fully saturated rings. The third-order valence-electron chi connectivity index (χ3n) is 7.13. The second-order valence-electron chi connectivity index (χ2n) is 9.81. The molecule has 4 rings (SSSR count). The summed E-state index contributed by atoms with van der Waals surface area (Å²) in [4.78, 5) is 50.1. The maximum Gasteiger partial charge on any atom is 0.335 e. The van der Waals surface area contributed by atoms with Crippen molar-refractivity contribution < 1.29 is 19.5 Å². The van der Waals surface area contributed by atoms with Gasteiger partial charge in [0.2, 0.25) is 5.91 Å². The van der Waals surface area contributed by atoms with E-state index in [4.69, 9.17) is 0 Å². The Morgan fingerprint density at radius 1 is 1.03 bits per heavy atom. The number of carbonyl (C=O) groups excluding carboxylic acids is 2. The Morgan fingerprint density at radius 3 is 2.42 bits per heavy atom. The lowest BCUT2D eigenvalue weighted by atomic mass is 9.95. The van der Waals surface area contributed by atoms with Crippen LogP contribution in [0.5, 0.6) is 0 Å². The Bertz CT molecular complexity index is 1290. The molecule has 0 bridgehead atoms. The van der Waals surface area contributed by atoms with Crippen LogP contribution in [0, 0.1) is 0 Å². The summed E-state index contributed by atoms with van der Waals surface area (Å²) >= 11 is 0. The van der Waals surface area contributed by atoms with E-state index < -0.39 is 5.97 Å². The average molecular weight is 517 g/mol. The molecule has 2 N–H and O–H groups in total. The molecule has 0 spiro atoms. The number of nitrogens with zero attached hydrogens (tertiary/aromatic N) is 3. The summed E-state index contributed by atoms with van der Waals surface area (Å²) in [7, 11) is 0. The van der Waals surface area contributed by atoms with Crippen molar-refractivity contribution in [1.29, 1.82) is 0 Å². The fraction of sp³-hybridized carbons (Fsp3) is 0.400. The standard InChI is InChI=1S/C30H36N4O4/c1-3-5-14-33(15-6-4-2)27(35)18-26-28(32-20-31-26)24-12-11-22(30(37)38)17-25(24)29(36)34-16-13-21-9-7-8-10-23(21)19-34/h7-12,17,20H,3-6,13-16,18-19H2,1-2H3,(H,31,32)(H,37,38). The first-order valence-electron chi connectivity index (χ1n) is 13.5. The van der Waals surface area contributed by atoms with Crippen molar-refractivity contribution in [3.05, 3.63) is 76.7 Å². The first-order valence-corrected chi connectivity index (χ1v) is 13.5. The Balaban J connectivity index is 1.64. The van der Waals surface area contributed by atoms with Crippen LogP contribution in [0.3, 0.4) is 0 Å². The summed E-state index contributed by atoms with van der Waals surface area (Å²) in [6.45, 7) is 6.65. The van der Waals surface area contributed by atoms with Gasteiger partial charge in [-0.25, -0.2) is 9.78 Å². The van der Waals surface area contributed by atoms with E-state index in [1.165, 1.54) is 24.0 Å². The smallest absolute Gasteiger partial charge is 0.335 e. The number of amides is 2. The summed E-state index contributed by atoms with van der Waals surface area (Å²) in [5, 5.41) is 9.63. The summed E-state index contributed by atoms with van der Waals surface area (Å²) in [6, 6.07) is 12.6. The number of H-pyrrole nitrogens is 1. The number of aromatic carboxylic acids is 1. The highest BCUT2D eigenvalue weighted by Crippen LogP contribution is 2.29. The summed E-state index contributed by atoms with van der Waals surface area (Å²) < 4.78 is 0. The molecule has 8 heteroatoms. The van der Waals surface area contributed by atoms with Gasteiger partial charge in [-0.3, -0.25) is 9.59 Å². The van der Waals surface area contributed by atoms with Gasteiger partial charge in [-0.15, -0.1) is 0 Å². The third-order valence-corrected chi connectivity index (χ3v) is 7.13. The highest BCUT2D eigenvalue weighted by Gasteiger charge is 2.27. The molecule has 0 saturated heterocycles. The zero-order valence-corrected chi connectivity index (χ0v) is 22.2. The summed E-state index contributed by atoms with van der Waals surface area (Å²) in [5.41, 5.74) is 4.27. The Hall–Kier alpha value is -3.94. The number of imidazole rings is 1. The number of aromatic amines is 1. The molecule has 0 aliphatic carbocycles. The van der Waals surface area contributed by atoms with Crippen LogP contribution in [0.4, 0.5) is 0 Å². The van der Waals surface area contributed by atoms with Gasteiger partial charge in [0.25, 0.3) is 5.91 Å². The fourth-order valence-corrected chi connectivity index (χ4v) is 4.91. The van der Waals surface area contributed by atoms with Gasteiger partial charge in [0.1, 0.15) is 0 Å². The van der Waals surface area contributed by atoms with E-state index in [2.05, 4.69) is 29.9 Å². The average Bonchev–Trinajstić information content (AvgIpc) is 3.39. The second-order valence-corrected chi connectivity index (χ2v) is 9.81. The van der Waals surface area contributed by atoms with Crippen LogP contribution in [-0.4, -0.2) is 62.3 Å². The molecule has 38 heavy (non-hydrogen) atoms. The molecule has 1 aromatic heterocycles. The number of fused-ring (bicyclic) bond motifs is 1. The molecule has 2 amide bonds. The lowest BCUT2D eigenvalue weighted by Gasteiger charge is -2.29. The van der Waals surface area contributed by atoms with Crippen molar-refractivity contribution in [3.8, 4) is 11.3 Å². The van der Waals surface area contributed by atoms with Crippen molar-refractivity contribution in [1.82, 2.24) is 19.8 Å². The Labute approximate surface area is 223 Å². The normalized spacial score (nSPS) is 12.7. The predicted octanol–water partition coefficient (Wildman–Crippen LogP) is 4.94. The predicted molar refractivity (Wildman–Crippen MR) is 146 cm³/mol. The van der Waals surface area contributed by atoms with Crippen LogP contribution in [0.15, 0.2) is 48.8 Å². The second kappa shape index (κ2) is 12.5. The number of carbonyl (C=O) groups is 3. The summed E-state index contributed by atoms with van der Waals surface area (Å²) in [5.74, 6) is -1.33. The maximum absolute atomic E-state index is 13.8. The summed E-state index contributed by atoms with van der Waals surface area (Å²) in [6.07, 6.45) is 6.30. The highest BCUT2D eigenvalue weighted by atomic mass is 16.4. The van der Waals surface area contributed by atoms with Crippen LogP contribution < -0.4 is 0 Å². The van der Waals surface area contributed by atoms with E-state index in [1.54, 1.807) is 11.0 Å². The minimum atomic E-state index is -1.10. The van der Waals surface area contributed by atoms with Crippen LogP contribution >= 0.6 is 0 Å². The van der Waals surface area contributed by atoms with E-state index in [0.717, 1.165) is 37.7 Å². The topological polar surface area (TPSA) is 107 Å². The zero-order chi connectivity index (χ0) is 27.1. The number of unbranched alkanes of at least 4 members (excludes halogenated alkanes) is 2. The van der Waals surface area contributed by atoms with E-state index in [0.29, 0.717) is 43.1 Å². The number of rotatable bonds is 11. The van der Waals surface area contributed by atoms with Crippen LogP contribution in [0.25, 0.3) is 11.3 Å². The van der Waals surface area contributed by atoms with Crippen molar-refractivity contribution in [3.63, 3.8) is 0 Å². The number of benzene rings is 2. The van der Waals surface area contributed by atoms with Gasteiger partial charge in [-0.2, -0.15) is 0 Å². The van der Waals surface area contributed by atoms with Crippen molar-refractivity contribution in [2.45, 2.75) is 58.9 Å². The van der Waals surface area contributed by atoms with Crippen LogP contribution in [-0.2, 0) is 24.2 Å². The first kappa shape index (κ1) is 27.1. The van der Waals surface area contributed by atoms with Gasteiger partial charge in [0, 0.05) is 37.3 Å². The molecular weight excluding hydrogens is 480 g/mol. The van der Waals surface area contributed by atoms with Gasteiger partial charge in [-0.05, 0) is 42.5 Å². The molecule has 200 valence electrons. The number of nitrogens with one attached hydrogen (secondary N) is 1. The molecule has 0 radical (unpaired) electrons. The number of hydrogen-bond donors (Lipinski definition) is 2. The molecule has 0 atom stereocenters. The molecule has 2 aromatic carbocycles. The first-order chi connectivity index (χ1) is 18.4. The van der Waals surface area contributed by atoms with E-state index in [-0.39, 0.29) is 29.4 Å². The van der Waals surface area contributed by atoms with E-state index in [1.807, 2.05) is 23.1 Å². The largest absolute Gasteiger partial charge is 0.478 e. The zero-order valence-electron chi connectivity index (χ0n) is 22.2. The van der Waals surface area contributed by atoms with E-state index >= 15 is 0 Å². The lowest BCUT2D eigenvalue weighted by Crippen LogP contribution is -2.36. The van der Waals surface area contributed by atoms with Crippen LogP contribution in [0.1, 0.15) is 77.1 Å². The van der Waals surface area contributed by atoms with Crippen molar-refractivity contribution in [2.24, 2.45) is 0 Å². The minimum absolute atomic E-state index is 0.0140. The molecule has 3 aromatic rings. The highest BCUT2D eigenvalue weighted by molar-refractivity contribution is 6.03. The molecular formula is C30H36N4O4. The third kappa shape index (κ3) is 6.13. The quantitative estimate of drug-likeness (QED) is 0.375. The van der Waals surface area contributed by atoms with Crippen molar-refractivity contribution in [2.75, 3.05) is 19.6 Å². The monoisotopic (exact) mass is 516 g/mol. The van der Waals surface area contributed by atoms with Gasteiger partial charge in [-0.1, -0.05) is 57.0 Å². The minimum Gasteiger partial charge on any atom is -0.478 e. The fourth-order valence-electron chi connectivity index (χ4n) is 4.91. The van der Waals surface area contributed by atoms with Gasteiger partial charge >= 0.3 is 5.97 Å². The number of carboxylic acids is 1. The number of hydrogen-bond acceptors (Lipinski definition) is 4. The molecule has 2 heterocycles. The SMILES string of the molecule is CCCCN(CCCC)C(=O)Cc1[nH]cnc1-c1ccc(C(=O)O)cc1C(=O)N1CCc2ccccc2C1. The lowest BCUT2D eigenvalue weighted by molar-refractivity contribution is -0.130. The maximum atomic E-state index is 13.8. The van der Waals surface area contributed by atoms with Gasteiger partial charge in [0.05, 0.1) is 29.7 Å². The molecule has 0 unspecified atom stereocenters. The van der Waals surface area contributed by atoms with Gasteiger partial charge < -0.3 is 19.9 Å². The molecule has 1 aliphatic heterocycles. The molecule has 8 nitrogen and oxygen atoms in total. The Morgan fingerprint density at radius 2 is 1.74 bits per heavy atom. The van der Waals surface area contributed by atoms with Crippen LogP contribution in [0.2, 0.25) is 0 Å². The van der Waals surface area contributed by atoms with Gasteiger partial charge in [0.15, 0.2) is 0 Å². The number of carboxylic acid groups (broad SMARTS) is 1. The van der Waals surface area contributed by atoms with Crippen molar-refractivity contribution >= 4 is 17.8 Å². The molecule has 1 aliphatic rings. The number of aromatic nitrogens is 2.